The molecule has 0 atom stereocenters. The quantitative estimate of drug-likeness (QED) is 0.940. The summed E-state index contributed by atoms with van der Waals surface area (Å²) in [5.74, 6) is -0.363. The molecule has 1 amide bonds. The number of amides is 1. The highest BCUT2D eigenvalue weighted by Gasteiger charge is 2.28. The maximum Gasteiger partial charge on any atom is 0.393 e. The summed E-state index contributed by atoms with van der Waals surface area (Å²) >= 11 is 0. The predicted molar refractivity (Wildman–Crippen MR) is 76.3 cm³/mol. The number of pyridine rings is 1. The number of nitrogens with zero attached hydrogens (tertiary/aromatic N) is 1. The first-order valence-electron chi connectivity index (χ1n) is 6.68. The average Bonchev–Trinajstić information content (AvgIpc) is 2.44. The van der Waals surface area contributed by atoms with E-state index in [0.717, 1.165) is 5.56 Å². The van der Waals surface area contributed by atoms with Gasteiger partial charge in [0.25, 0.3) is 5.91 Å². The van der Waals surface area contributed by atoms with Crippen LogP contribution >= 0.6 is 0 Å². The minimum absolute atomic E-state index is 0.0407. The maximum atomic E-state index is 12.5. The molecule has 0 unspecified atom stereocenters. The Kier molecular flexibility index (Phi) is 4.80. The molecule has 0 saturated carbocycles. The Bertz CT molecular complexity index is 668. The molecule has 2 aromatic rings. The van der Waals surface area contributed by atoms with Gasteiger partial charge in [0, 0.05) is 18.9 Å². The van der Waals surface area contributed by atoms with Crippen molar-refractivity contribution < 1.29 is 18.0 Å². The highest BCUT2D eigenvalue weighted by molar-refractivity contribution is 5.93. The van der Waals surface area contributed by atoms with Crippen molar-refractivity contribution in [1.82, 2.24) is 10.3 Å². The minimum Gasteiger partial charge on any atom is -0.348 e. The van der Waals surface area contributed by atoms with Gasteiger partial charge in [0.05, 0.1) is 12.0 Å². The molecule has 0 fully saturated rings. The number of carbonyl (C=O) groups is 1. The van der Waals surface area contributed by atoms with Gasteiger partial charge in [-0.05, 0) is 29.7 Å². The Morgan fingerprint density at radius 2 is 1.86 bits per heavy atom. The number of nitrogens with one attached hydrogen (secondary N) is 1. The second-order valence-electron chi connectivity index (χ2n) is 4.99. The SMILES string of the molecule is Cc1cncc(C(=O)NCc2ccccc2CC(F)(F)F)c1. The van der Waals surface area contributed by atoms with Crippen LogP contribution in [-0.2, 0) is 13.0 Å². The molecular formula is C16H15F3N2O. The molecule has 1 aromatic heterocycles. The third-order valence-corrected chi connectivity index (χ3v) is 3.09. The lowest BCUT2D eigenvalue weighted by Gasteiger charge is -2.12. The number of hydrogen-bond acceptors (Lipinski definition) is 2. The fraction of sp³-hybridized carbons (Fsp3) is 0.250. The van der Waals surface area contributed by atoms with Crippen LogP contribution in [0.15, 0.2) is 42.7 Å². The summed E-state index contributed by atoms with van der Waals surface area (Å²) in [7, 11) is 0. The van der Waals surface area contributed by atoms with Crippen molar-refractivity contribution in [3.63, 3.8) is 0 Å². The van der Waals surface area contributed by atoms with Gasteiger partial charge < -0.3 is 5.32 Å². The molecule has 116 valence electrons. The van der Waals surface area contributed by atoms with E-state index in [0.29, 0.717) is 11.1 Å². The summed E-state index contributed by atoms with van der Waals surface area (Å²) in [6.07, 6.45) is -2.25. The number of benzene rings is 1. The smallest absolute Gasteiger partial charge is 0.348 e. The Morgan fingerprint density at radius 1 is 1.18 bits per heavy atom. The highest BCUT2D eigenvalue weighted by Crippen LogP contribution is 2.23. The van der Waals surface area contributed by atoms with Gasteiger partial charge >= 0.3 is 6.18 Å². The Morgan fingerprint density at radius 3 is 2.50 bits per heavy atom. The molecule has 6 heteroatoms. The molecule has 0 radical (unpaired) electrons. The van der Waals surface area contributed by atoms with Crippen LogP contribution in [-0.4, -0.2) is 17.1 Å². The Balaban J connectivity index is 2.07. The second-order valence-corrected chi connectivity index (χ2v) is 4.99. The van der Waals surface area contributed by atoms with Crippen LogP contribution in [0.2, 0.25) is 0 Å². The molecule has 1 heterocycles. The van der Waals surface area contributed by atoms with E-state index in [2.05, 4.69) is 10.3 Å². The number of alkyl halides is 3. The summed E-state index contributed by atoms with van der Waals surface area (Å²) < 4.78 is 37.6. The van der Waals surface area contributed by atoms with Gasteiger partial charge in [-0.1, -0.05) is 24.3 Å². The number of carbonyl (C=O) groups excluding carboxylic acids is 1. The molecule has 0 aliphatic heterocycles. The second kappa shape index (κ2) is 6.60. The van der Waals surface area contributed by atoms with Crippen LogP contribution in [0.25, 0.3) is 0 Å². The lowest BCUT2D eigenvalue weighted by Crippen LogP contribution is -2.24. The van der Waals surface area contributed by atoms with Gasteiger partial charge in [0.2, 0.25) is 0 Å². The number of halogens is 3. The van der Waals surface area contributed by atoms with E-state index in [1.165, 1.54) is 12.3 Å². The molecular weight excluding hydrogens is 293 g/mol. The highest BCUT2D eigenvalue weighted by atomic mass is 19.4. The lowest BCUT2D eigenvalue weighted by atomic mass is 10.0. The van der Waals surface area contributed by atoms with Gasteiger partial charge in [0.1, 0.15) is 0 Å². The maximum absolute atomic E-state index is 12.5. The fourth-order valence-corrected chi connectivity index (χ4v) is 2.08. The van der Waals surface area contributed by atoms with Crippen molar-refractivity contribution in [2.75, 3.05) is 0 Å². The van der Waals surface area contributed by atoms with Gasteiger partial charge in [-0.2, -0.15) is 13.2 Å². The standard InChI is InChI=1S/C16H15F3N2O/c1-11-6-14(9-20-8-11)15(22)21-10-13-5-3-2-4-12(13)7-16(17,18)19/h2-6,8-9H,7,10H2,1H3,(H,21,22). The summed E-state index contributed by atoms with van der Waals surface area (Å²) in [4.78, 5) is 15.9. The molecule has 0 spiro atoms. The first-order chi connectivity index (χ1) is 10.3. The van der Waals surface area contributed by atoms with Gasteiger partial charge in [0.15, 0.2) is 0 Å². The lowest BCUT2D eigenvalue weighted by molar-refractivity contribution is -0.127. The number of aromatic nitrogens is 1. The van der Waals surface area contributed by atoms with Crippen molar-refractivity contribution in [2.24, 2.45) is 0 Å². The summed E-state index contributed by atoms with van der Waals surface area (Å²) in [5.41, 5.74) is 1.84. The molecule has 0 bridgehead atoms. The normalized spacial score (nSPS) is 11.3. The van der Waals surface area contributed by atoms with Gasteiger partial charge in [-0.15, -0.1) is 0 Å². The molecule has 22 heavy (non-hydrogen) atoms. The number of hydrogen-bond donors (Lipinski definition) is 1. The number of aryl methyl sites for hydroxylation is 1. The van der Waals surface area contributed by atoms with Crippen LogP contribution in [0.1, 0.15) is 27.0 Å². The van der Waals surface area contributed by atoms with Gasteiger partial charge in [-0.3, -0.25) is 9.78 Å². The third kappa shape index (κ3) is 4.58. The molecule has 3 nitrogen and oxygen atoms in total. The average molecular weight is 308 g/mol. The topological polar surface area (TPSA) is 42.0 Å². The van der Waals surface area contributed by atoms with E-state index in [1.807, 2.05) is 6.92 Å². The summed E-state index contributed by atoms with van der Waals surface area (Å²) in [5, 5.41) is 2.62. The largest absolute Gasteiger partial charge is 0.393 e. The Labute approximate surface area is 126 Å². The van der Waals surface area contributed by atoms with E-state index in [-0.39, 0.29) is 18.0 Å². The first kappa shape index (κ1) is 16.0. The first-order valence-corrected chi connectivity index (χ1v) is 6.68. The summed E-state index contributed by atoms with van der Waals surface area (Å²) in [6, 6.07) is 7.87. The molecule has 1 aromatic carbocycles. The minimum atomic E-state index is -4.28. The third-order valence-electron chi connectivity index (χ3n) is 3.09. The van der Waals surface area contributed by atoms with Crippen molar-refractivity contribution in [3.8, 4) is 0 Å². The molecule has 0 aliphatic rings. The zero-order valence-corrected chi connectivity index (χ0v) is 11.9. The van der Waals surface area contributed by atoms with E-state index in [1.54, 1.807) is 30.5 Å². The molecule has 0 saturated heterocycles. The van der Waals surface area contributed by atoms with Crippen LogP contribution in [0.4, 0.5) is 13.2 Å². The predicted octanol–water partition coefficient (Wildman–Crippen LogP) is 3.42. The van der Waals surface area contributed by atoms with E-state index < -0.39 is 12.6 Å². The van der Waals surface area contributed by atoms with Crippen LogP contribution < -0.4 is 5.32 Å². The van der Waals surface area contributed by atoms with Crippen LogP contribution in [0.3, 0.4) is 0 Å². The zero-order chi connectivity index (χ0) is 16.2. The van der Waals surface area contributed by atoms with Crippen molar-refractivity contribution >= 4 is 5.91 Å². The van der Waals surface area contributed by atoms with Crippen LogP contribution in [0.5, 0.6) is 0 Å². The monoisotopic (exact) mass is 308 g/mol. The van der Waals surface area contributed by atoms with E-state index in [9.17, 15) is 18.0 Å². The van der Waals surface area contributed by atoms with E-state index >= 15 is 0 Å². The summed E-state index contributed by atoms with van der Waals surface area (Å²) in [6.45, 7) is 1.85. The van der Waals surface area contributed by atoms with Crippen LogP contribution in [0, 0.1) is 6.92 Å². The van der Waals surface area contributed by atoms with Crippen molar-refractivity contribution in [3.05, 3.63) is 65.0 Å². The molecule has 1 N–H and O–H groups in total. The van der Waals surface area contributed by atoms with Crippen molar-refractivity contribution in [1.29, 1.82) is 0 Å². The Hall–Kier alpha value is -2.37. The molecule has 0 aliphatic carbocycles. The van der Waals surface area contributed by atoms with Gasteiger partial charge in [-0.25, -0.2) is 0 Å². The fourth-order valence-electron chi connectivity index (χ4n) is 2.08. The number of rotatable bonds is 4. The molecule has 2 rings (SSSR count). The van der Waals surface area contributed by atoms with Crippen molar-refractivity contribution in [2.45, 2.75) is 26.1 Å². The van der Waals surface area contributed by atoms with E-state index in [4.69, 9.17) is 0 Å². The zero-order valence-electron chi connectivity index (χ0n) is 11.9.